The van der Waals surface area contributed by atoms with Crippen molar-refractivity contribution in [1.82, 2.24) is 14.4 Å². The van der Waals surface area contributed by atoms with Crippen LogP contribution < -0.4 is 16.4 Å². The molecule has 0 amide bonds. The third-order valence-electron chi connectivity index (χ3n) is 5.49. The molecule has 1 fully saturated rings. The molecule has 1 aliphatic heterocycles. The number of imidazole rings is 1. The van der Waals surface area contributed by atoms with Gasteiger partial charge in [0.05, 0.1) is 5.69 Å². The lowest BCUT2D eigenvalue weighted by Gasteiger charge is -2.45. The van der Waals surface area contributed by atoms with E-state index < -0.39 is 5.66 Å². The first-order valence-electron chi connectivity index (χ1n) is 9.55. The first-order valence-corrected chi connectivity index (χ1v) is 9.55. The standard InChI is InChI=1S/C20H22N8/c21-17-25-18(22)28(20(26-17)8-2-1-3-9-20)15-7-4-6-14(12-15)16-13-27-11-5-10-23-19(27)24-16/h4-7,10-13H,1-3,8-9H2,(H4,21,22,25,26). The van der Waals surface area contributed by atoms with Crippen LogP contribution in [0, 0.1) is 0 Å². The summed E-state index contributed by atoms with van der Waals surface area (Å²) in [6, 6.07) is 10.0. The second-order valence-corrected chi connectivity index (χ2v) is 7.32. The highest BCUT2D eigenvalue weighted by Gasteiger charge is 2.42. The molecule has 3 aromatic rings. The van der Waals surface area contributed by atoms with Gasteiger partial charge in [0.2, 0.25) is 17.7 Å². The summed E-state index contributed by atoms with van der Waals surface area (Å²) in [5.74, 6) is 1.32. The van der Waals surface area contributed by atoms with E-state index in [1.165, 1.54) is 6.42 Å². The molecule has 2 aliphatic rings. The normalized spacial score (nSPS) is 18.9. The first-order chi connectivity index (χ1) is 13.6. The fourth-order valence-electron chi connectivity index (χ4n) is 4.27. The van der Waals surface area contributed by atoms with Crippen LogP contribution in [0.2, 0.25) is 0 Å². The van der Waals surface area contributed by atoms with Crippen LogP contribution in [-0.4, -0.2) is 32.0 Å². The van der Waals surface area contributed by atoms with Crippen LogP contribution in [0.25, 0.3) is 17.0 Å². The molecular weight excluding hydrogens is 352 g/mol. The summed E-state index contributed by atoms with van der Waals surface area (Å²) >= 11 is 0. The molecule has 0 unspecified atom stereocenters. The van der Waals surface area contributed by atoms with Crippen molar-refractivity contribution in [1.29, 1.82) is 0 Å². The number of guanidine groups is 2. The molecule has 0 atom stereocenters. The van der Waals surface area contributed by atoms with Gasteiger partial charge in [0.15, 0.2) is 0 Å². The molecule has 0 radical (unpaired) electrons. The van der Waals surface area contributed by atoms with Crippen LogP contribution in [0.1, 0.15) is 32.1 Å². The summed E-state index contributed by atoms with van der Waals surface area (Å²) in [7, 11) is 0. The maximum absolute atomic E-state index is 6.34. The number of hydrogen-bond acceptors (Lipinski definition) is 7. The van der Waals surface area contributed by atoms with Crippen molar-refractivity contribution in [2.45, 2.75) is 37.8 Å². The smallest absolute Gasteiger partial charge is 0.234 e. The van der Waals surface area contributed by atoms with Gasteiger partial charge in [-0.05, 0) is 43.9 Å². The fraction of sp³-hybridized carbons (Fsp3) is 0.300. The average Bonchev–Trinajstić information content (AvgIpc) is 3.12. The molecule has 0 bridgehead atoms. The van der Waals surface area contributed by atoms with E-state index in [2.05, 4.69) is 21.0 Å². The van der Waals surface area contributed by atoms with Crippen LogP contribution in [0.4, 0.5) is 5.69 Å². The van der Waals surface area contributed by atoms with E-state index in [9.17, 15) is 0 Å². The van der Waals surface area contributed by atoms with E-state index in [1.807, 2.05) is 46.0 Å². The van der Waals surface area contributed by atoms with Crippen LogP contribution in [-0.2, 0) is 0 Å². The number of rotatable bonds is 2. The van der Waals surface area contributed by atoms with Crippen LogP contribution in [0.15, 0.2) is 58.9 Å². The van der Waals surface area contributed by atoms with Gasteiger partial charge < -0.3 is 11.5 Å². The highest BCUT2D eigenvalue weighted by Crippen LogP contribution is 2.40. The zero-order valence-corrected chi connectivity index (χ0v) is 15.5. The summed E-state index contributed by atoms with van der Waals surface area (Å²) in [6.45, 7) is 0. The third kappa shape index (κ3) is 2.69. The predicted octanol–water partition coefficient (Wildman–Crippen LogP) is 2.51. The average molecular weight is 374 g/mol. The van der Waals surface area contributed by atoms with Gasteiger partial charge in [0, 0.05) is 29.8 Å². The minimum atomic E-state index is -0.451. The number of aliphatic imine (C=N–C) groups is 2. The summed E-state index contributed by atoms with van der Waals surface area (Å²) in [5, 5.41) is 0. The largest absolute Gasteiger partial charge is 0.369 e. The predicted molar refractivity (Wildman–Crippen MR) is 110 cm³/mol. The van der Waals surface area contributed by atoms with E-state index in [0.717, 1.165) is 42.6 Å². The molecular formula is C20H22N8. The Hall–Kier alpha value is -3.42. The lowest BCUT2D eigenvalue weighted by molar-refractivity contribution is 0.305. The number of fused-ring (bicyclic) bond motifs is 1. The van der Waals surface area contributed by atoms with Gasteiger partial charge in [-0.15, -0.1) is 0 Å². The van der Waals surface area contributed by atoms with Crippen molar-refractivity contribution >= 4 is 23.4 Å². The van der Waals surface area contributed by atoms with Crippen molar-refractivity contribution in [2.75, 3.05) is 4.90 Å². The topological polar surface area (TPSA) is 110 Å². The molecule has 1 saturated carbocycles. The molecule has 142 valence electrons. The van der Waals surface area contributed by atoms with Crippen LogP contribution in [0.5, 0.6) is 0 Å². The summed E-state index contributed by atoms with van der Waals surface area (Å²) in [4.78, 5) is 20.0. The molecule has 1 aromatic carbocycles. The molecule has 8 heteroatoms. The minimum absolute atomic E-state index is 0.262. The Bertz CT molecular complexity index is 1060. The van der Waals surface area contributed by atoms with Crippen molar-refractivity contribution in [3.8, 4) is 11.3 Å². The highest BCUT2D eigenvalue weighted by atomic mass is 15.4. The molecule has 1 aliphatic carbocycles. The molecule has 8 nitrogen and oxygen atoms in total. The van der Waals surface area contributed by atoms with Crippen LogP contribution >= 0.6 is 0 Å². The Labute approximate surface area is 162 Å². The molecule has 0 saturated heterocycles. The Balaban J connectivity index is 1.59. The number of nitrogens with two attached hydrogens (primary N) is 2. The Morgan fingerprint density at radius 1 is 1.04 bits per heavy atom. The van der Waals surface area contributed by atoms with Gasteiger partial charge >= 0.3 is 0 Å². The summed E-state index contributed by atoms with van der Waals surface area (Å²) in [5.41, 5.74) is 14.7. The van der Waals surface area contributed by atoms with Crippen molar-refractivity contribution < 1.29 is 0 Å². The maximum Gasteiger partial charge on any atom is 0.234 e. The van der Waals surface area contributed by atoms with Crippen molar-refractivity contribution in [3.63, 3.8) is 0 Å². The first kappa shape index (κ1) is 16.7. The minimum Gasteiger partial charge on any atom is -0.369 e. The summed E-state index contributed by atoms with van der Waals surface area (Å²) < 4.78 is 1.91. The second kappa shape index (κ2) is 6.33. The molecule has 2 aromatic heterocycles. The Morgan fingerprint density at radius 3 is 2.71 bits per heavy atom. The van der Waals surface area contributed by atoms with E-state index in [0.29, 0.717) is 11.7 Å². The molecule has 5 rings (SSSR count). The molecule has 3 heterocycles. The Kier molecular flexibility index (Phi) is 3.78. The van der Waals surface area contributed by atoms with E-state index in [1.54, 1.807) is 6.20 Å². The van der Waals surface area contributed by atoms with Gasteiger partial charge in [0.25, 0.3) is 0 Å². The third-order valence-corrected chi connectivity index (χ3v) is 5.49. The van der Waals surface area contributed by atoms with Crippen LogP contribution in [0.3, 0.4) is 0 Å². The molecule has 1 spiro atoms. The lowest BCUT2D eigenvalue weighted by atomic mass is 9.87. The Morgan fingerprint density at radius 2 is 1.89 bits per heavy atom. The maximum atomic E-state index is 6.34. The number of aromatic nitrogens is 3. The number of nitrogens with zero attached hydrogens (tertiary/aromatic N) is 6. The van der Waals surface area contributed by atoms with Gasteiger partial charge in [-0.1, -0.05) is 18.6 Å². The van der Waals surface area contributed by atoms with Crippen molar-refractivity contribution in [2.24, 2.45) is 21.5 Å². The SMILES string of the molecule is NC1=NC2(CCCCC2)N(c2cccc(-c3cn4cccnc4n3)c2)C(N)=N1. The monoisotopic (exact) mass is 374 g/mol. The number of benzene rings is 1. The lowest BCUT2D eigenvalue weighted by Crippen LogP contribution is -2.58. The quantitative estimate of drug-likeness (QED) is 0.716. The number of hydrogen-bond donors (Lipinski definition) is 2. The van der Waals surface area contributed by atoms with Gasteiger partial charge in [-0.3, -0.25) is 9.30 Å². The molecule has 28 heavy (non-hydrogen) atoms. The fourth-order valence-corrected chi connectivity index (χ4v) is 4.27. The zero-order chi connectivity index (χ0) is 19.1. The second-order valence-electron chi connectivity index (χ2n) is 7.32. The van der Waals surface area contributed by atoms with Crippen molar-refractivity contribution in [3.05, 3.63) is 48.9 Å². The zero-order valence-electron chi connectivity index (χ0n) is 15.5. The highest BCUT2D eigenvalue weighted by molar-refractivity contribution is 6.05. The summed E-state index contributed by atoms with van der Waals surface area (Å²) in [6.07, 6.45) is 10.9. The van der Waals surface area contributed by atoms with Gasteiger partial charge in [-0.2, -0.15) is 4.99 Å². The van der Waals surface area contributed by atoms with E-state index >= 15 is 0 Å². The number of anilines is 1. The van der Waals surface area contributed by atoms with Gasteiger partial charge in [0.1, 0.15) is 5.66 Å². The van der Waals surface area contributed by atoms with Gasteiger partial charge in [-0.25, -0.2) is 15.0 Å². The molecule has 4 N–H and O–H groups in total. The van der Waals surface area contributed by atoms with E-state index in [-0.39, 0.29) is 5.96 Å². The van der Waals surface area contributed by atoms with E-state index in [4.69, 9.17) is 16.5 Å².